The summed E-state index contributed by atoms with van der Waals surface area (Å²) in [5, 5.41) is 2.42. The molecule has 1 amide bonds. The van der Waals surface area contributed by atoms with E-state index >= 15 is 0 Å². The second kappa shape index (κ2) is 9.77. The Labute approximate surface area is 179 Å². The maximum Gasteiger partial charge on any atom is 0.276 e. The van der Waals surface area contributed by atoms with E-state index in [1.165, 1.54) is 23.9 Å². The van der Waals surface area contributed by atoms with E-state index in [0.717, 1.165) is 17.7 Å². The van der Waals surface area contributed by atoms with E-state index in [0.29, 0.717) is 6.42 Å². The maximum atomic E-state index is 13.4. The van der Waals surface area contributed by atoms with Gasteiger partial charge >= 0.3 is 0 Å². The highest BCUT2D eigenvalue weighted by Crippen LogP contribution is 2.29. The molecule has 0 aliphatic heterocycles. The lowest BCUT2D eigenvalue weighted by Crippen LogP contribution is -2.30. The van der Waals surface area contributed by atoms with Gasteiger partial charge in [0.15, 0.2) is 34.2 Å². The van der Waals surface area contributed by atoms with Crippen molar-refractivity contribution in [2.75, 3.05) is 11.9 Å². The zero-order valence-corrected chi connectivity index (χ0v) is 17.2. The Hall–Kier alpha value is -3.15. The van der Waals surface area contributed by atoms with Crippen LogP contribution in [-0.4, -0.2) is 36.9 Å². The van der Waals surface area contributed by atoms with E-state index in [1.807, 2.05) is 6.07 Å². The first-order valence-corrected chi connectivity index (χ1v) is 10.2. The number of hydrogen-bond acceptors (Lipinski definition) is 5. The van der Waals surface area contributed by atoms with Crippen LogP contribution in [0.3, 0.4) is 0 Å². The Balaban J connectivity index is 1.80. The number of anilines is 1. The molecule has 0 fully saturated rings. The Morgan fingerprint density at radius 2 is 2.13 bits per heavy atom. The Morgan fingerprint density at radius 3 is 2.77 bits per heavy atom. The molecule has 1 unspecified atom stereocenters. The molecule has 0 saturated carbocycles. The van der Waals surface area contributed by atoms with Gasteiger partial charge in [-0.3, -0.25) is 9.78 Å². The number of carbonyl (C=O) groups is 1. The standard InChI is InChI=1S/C20H20F2N4O4S/c1-26-10-17(31(28)29)19(30-11-13(23)7-12-3-2-6-24-9-12)18(26)20(27)25-14-4-5-15(21)16(22)8-14/h2-6,8-10,13H,7,11,23H2,1H3,(H,25,27)(H,28,29)/t13-/m0/s1. The minimum Gasteiger partial charge on any atom is -0.488 e. The van der Waals surface area contributed by atoms with Gasteiger partial charge in [0.2, 0.25) is 0 Å². The van der Waals surface area contributed by atoms with Gasteiger partial charge in [-0.25, -0.2) is 13.0 Å². The average Bonchev–Trinajstić information content (AvgIpc) is 3.06. The minimum absolute atomic E-state index is 0.0102. The quantitative estimate of drug-likeness (QED) is 0.454. The van der Waals surface area contributed by atoms with E-state index in [9.17, 15) is 22.3 Å². The lowest BCUT2D eigenvalue weighted by atomic mass is 10.1. The van der Waals surface area contributed by atoms with E-state index in [-0.39, 0.29) is 28.6 Å². The summed E-state index contributed by atoms with van der Waals surface area (Å²) in [7, 11) is 1.49. The zero-order chi connectivity index (χ0) is 22.5. The number of halogens is 2. The molecule has 0 spiro atoms. The molecule has 1 aromatic carbocycles. The number of nitrogens with two attached hydrogens (primary N) is 1. The summed E-state index contributed by atoms with van der Waals surface area (Å²) >= 11 is -2.44. The SMILES string of the molecule is Cn1cc(S(=O)O)c(OC[C@@H](N)Cc2cccnc2)c1C(=O)Nc1ccc(F)c(F)c1. The number of nitrogens with one attached hydrogen (secondary N) is 1. The van der Waals surface area contributed by atoms with E-state index in [1.54, 1.807) is 18.5 Å². The van der Waals surface area contributed by atoms with Gasteiger partial charge in [-0.2, -0.15) is 0 Å². The van der Waals surface area contributed by atoms with Gasteiger partial charge < -0.3 is 24.9 Å². The Kier molecular flexibility index (Phi) is 7.10. The number of hydrogen-bond donors (Lipinski definition) is 3. The molecule has 164 valence electrons. The van der Waals surface area contributed by atoms with E-state index in [2.05, 4.69) is 10.3 Å². The molecule has 0 aliphatic carbocycles. The van der Waals surface area contributed by atoms with Crippen LogP contribution >= 0.6 is 0 Å². The van der Waals surface area contributed by atoms with Crippen LogP contribution in [0.5, 0.6) is 5.75 Å². The van der Waals surface area contributed by atoms with Crippen LogP contribution in [0.2, 0.25) is 0 Å². The molecule has 3 aromatic rings. The summed E-state index contributed by atoms with van der Waals surface area (Å²) in [6, 6.07) is 6.03. The fourth-order valence-corrected chi connectivity index (χ4v) is 3.50. The fourth-order valence-electron chi connectivity index (χ4n) is 2.94. The third kappa shape index (κ3) is 5.51. The van der Waals surface area contributed by atoms with Crippen molar-refractivity contribution in [3.63, 3.8) is 0 Å². The molecule has 4 N–H and O–H groups in total. The predicted molar refractivity (Wildman–Crippen MR) is 110 cm³/mol. The molecule has 0 radical (unpaired) electrons. The van der Waals surface area contributed by atoms with E-state index < -0.39 is 34.7 Å². The van der Waals surface area contributed by atoms with Crippen molar-refractivity contribution < 1.29 is 27.1 Å². The Bertz CT molecular complexity index is 1110. The lowest BCUT2D eigenvalue weighted by molar-refractivity contribution is 0.101. The van der Waals surface area contributed by atoms with Crippen LogP contribution in [0.1, 0.15) is 16.1 Å². The van der Waals surface area contributed by atoms with Crippen molar-refractivity contribution in [2.45, 2.75) is 17.4 Å². The summed E-state index contributed by atoms with van der Waals surface area (Å²) in [5.41, 5.74) is 6.91. The van der Waals surface area contributed by atoms with E-state index in [4.69, 9.17) is 10.5 Å². The highest BCUT2D eigenvalue weighted by atomic mass is 32.2. The third-order valence-electron chi connectivity index (χ3n) is 4.35. The van der Waals surface area contributed by atoms with Crippen LogP contribution in [0, 0.1) is 11.6 Å². The van der Waals surface area contributed by atoms with Crippen molar-refractivity contribution in [2.24, 2.45) is 12.8 Å². The first-order valence-electron chi connectivity index (χ1n) is 9.10. The molecular weight excluding hydrogens is 430 g/mol. The summed E-state index contributed by atoms with van der Waals surface area (Å²) in [6.45, 7) is -0.0471. The summed E-state index contributed by atoms with van der Waals surface area (Å²) in [5.74, 6) is -3.03. The molecule has 2 atom stereocenters. The van der Waals surface area contributed by atoms with Gasteiger partial charge in [-0.15, -0.1) is 0 Å². The van der Waals surface area contributed by atoms with Crippen LogP contribution in [-0.2, 0) is 24.5 Å². The largest absolute Gasteiger partial charge is 0.488 e. The molecule has 0 bridgehead atoms. The Morgan fingerprint density at radius 1 is 1.35 bits per heavy atom. The number of amides is 1. The molecule has 31 heavy (non-hydrogen) atoms. The number of aryl methyl sites for hydroxylation is 1. The van der Waals surface area contributed by atoms with Crippen LogP contribution in [0.15, 0.2) is 53.8 Å². The van der Waals surface area contributed by atoms with Crippen molar-refractivity contribution in [3.05, 3.63) is 71.8 Å². The van der Waals surface area contributed by atoms with Gasteiger partial charge in [0.1, 0.15) is 11.5 Å². The van der Waals surface area contributed by atoms with Crippen LogP contribution in [0.4, 0.5) is 14.5 Å². The lowest BCUT2D eigenvalue weighted by Gasteiger charge is -2.15. The number of nitrogens with zero attached hydrogens (tertiary/aromatic N) is 2. The molecule has 11 heteroatoms. The van der Waals surface area contributed by atoms with Gasteiger partial charge in [0.25, 0.3) is 5.91 Å². The van der Waals surface area contributed by atoms with Crippen LogP contribution in [0.25, 0.3) is 0 Å². The topological polar surface area (TPSA) is 119 Å². The number of ether oxygens (including phenoxy) is 1. The number of benzene rings is 1. The molecule has 0 aliphatic rings. The summed E-state index contributed by atoms with van der Waals surface area (Å²) in [6.07, 6.45) is 5.01. The van der Waals surface area contributed by atoms with Gasteiger partial charge in [0.05, 0.1) is 0 Å². The van der Waals surface area contributed by atoms with Crippen molar-refractivity contribution in [1.82, 2.24) is 9.55 Å². The number of pyridine rings is 1. The van der Waals surface area contributed by atoms with Crippen molar-refractivity contribution in [3.8, 4) is 5.75 Å². The summed E-state index contributed by atoms with van der Waals surface area (Å²) in [4.78, 5) is 16.7. The predicted octanol–water partition coefficient (Wildman–Crippen LogP) is 2.48. The molecule has 2 aromatic heterocycles. The number of carbonyl (C=O) groups excluding carboxylic acids is 1. The molecule has 3 rings (SSSR count). The minimum atomic E-state index is -2.44. The highest BCUT2D eigenvalue weighted by Gasteiger charge is 2.26. The van der Waals surface area contributed by atoms with Crippen LogP contribution < -0.4 is 15.8 Å². The fraction of sp³-hybridized carbons (Fsp3) is 0.200. The average molecular weight is 450 g/mol. The number of rotatable bonds is 8. The van der Waals surface area contributed by atoms with Gasteiger partial charge in [-0.1, -0.05) is 6.07 Å². The maximum absolute atomic E-state index is 13.4. The molecule has 0 saturated heterocycles. The molecular formula is C20H20F2N4O4S. The summed E-state index contributed by atoms with van der Waals surface area (Å²) < 4.78 is 54.9. The monoisotopic (exact) mass is 450 g/mol. The zero-order valence-electron chi connectivity index (χ0n) is 16.4. The molecule has 8 nitrogen and oxygen atoms in total. The van der Waals surface area contributed by atoms with Crippen molar-refractivity contribution >= 4 is 22.7 Å². The number of aromatic nitrogens is 2. The second-order valence-electron chi connectivity index (χ2n) is 6.75. The first kappa shape index (κ1) is 22.5. The van der Waals surface area contributed by atoms with Crippen molar-refractivity contribution in [1.29, 1.82) is 0 Å². The smallest absolute Gasteiger partial charge is 0.276 e. The third-order valence-corrected chi connectivity index (χ3v) is 5.01. The normalized spacial score (nSPS) is 12.9. The second-order valence-corrected chi connectivity index (χ2v) is 7.69. The van der Waals surface area contributed by atoms with Gasteiger partial charge in [-0.05, 0) is 30.2 Å². The molecule has 2 heterocycles. The first-order chi connectivity index (χ1) is 14.8. The highest BCUT2D eigenvalue weighted by molar-refractivity contribution is 7.79. The van der Waals surface area contributed by atoms with Gasteiger partial charge in [0, 0.05) is 43.4 Å².